The van der Waals surface area contributed by atoms with Crippen molar-refractivity contribution in [3.8, 4) is 0 Å². The molecule has 0 bridgehead atoms. The quantitative estimate of drug-likeness (QED) is 0.841. The maximum atomic E-state index is 9.08. The number of rotatable bonds is 3. The molecule has 1 saturated heterocycles. The van der Waals surface area contributed by atoms with Gasteiger partial charge in [-0.1, -0.05) is 0 Å². The molecule has 0 amide bonds. The van der Waals surface area contributed by atoms with E-state index in [1.165, 1.54) is 12.8 Å². The lowest BCUT2D eigenvalue weighted by molar-refractivity contribution is 0.262. The second kappa shape index (κ2) is 5.25. The Bertz CT molecular complexity index is 341. The molecular formula is C12H19N3O. The fourth-order valence-electron chi connectivity index (χ4n) is 2.34. The molecule has 1 atom stereocenters. The first kappa shape index (κ1) is 11.3. The molecule has 4 nitrogen and oxygen atoms in total. The number of nitrogens with zero attached hydrogens (tertiary/aromatic N) is 3. The van der Waals surface area contributed by atoms with Crippen molar-refractivity contribution in [3.05, 3.63) is 17.8 Å². The maximum absolute atomic E-state index is 9.08. The molecule has 2 heterocycles. The molecule has 0 radical (unpaired) electrons. The standard InChI is InChI=1S/C12H19N3O/c1-10-8-12(14-13-9-10)15-6-3-2-4-11(15)5-7-16/h8-9,11,16H,2-7H2,1H3. The van der Waals surface area contributed by atoms with Crippen LogP contribution in [-0.2, 0) is 0 Å². The molecule has 16 heavy (non-hydrogen) atoms. The summed E-state index contributed by atoms with van der Waals surface area (Å²) in [6.07, 6.45) is 6.21. The molecule has 88 valence electrons. The molecule has 1 N–H and O–H groups in total. The normalized spacial score (nSPS) is 21.1. The lowest BCUT2D eigenvalue weighted by Gasteiger charge is -2.36. The Morgan fingerprint density at radius 1 is 1.50 bits per heavy atom. The first-order chi connectivity index (χ1) is 7.81. The maximum Gasteiger partial charge on any atom is 0.151 e. The zero-order valence-corrected chi connectivity index (χ0v) is 9.76. The van der Waals surface area contributed by atoms with E-state index in [2.05, 4.69) is 21.2 Å². The predicted molar refractivity (Wildman–Crippen MR) is 63.5 cm³/mol. The molecule has 1 aliphatic rings. The van der Waals surface area contributed by atoms with Gasteiger partial charge in [-0.3, -0.25) is 0 Å². The van der Waals surface area contributed by atoms with Crippen molar-refractivity contribution in [2.24, 2.45) is 0 Å². The Balaban J connectivity index is 2.16. The molecule has 0 spiro atoms. The summed E-state index contributed by atoms with van der Waals surface area (Å²) in [7, 11) is 0. The Hall–Kier alpha value is -1.16. The summed E-state index contributed by atoms with van der Waals surface area (Å²) < 4.78 is 0. The number of hydrogen-bond acceptors (Lipinski definition) is 4. The smallest absolute Gasteiger partial charge is 0.151 e. The van der Waals surface area contributed by atoms with Crippen molar-refractivity contribution >= 4 is 5.82 Å². The highest BCUT2D eigenvalue weighted by atomic mass is 16.3. The molecule has 1 unspecified atom stereocenters. The second-order valence-corrected chi connectivity index (χ2v) is 4.45. The number of piperidine rings is 1. The molecule has 1 fully saturated rings. The van der Waals surface area contributed by atoms with E-state index in [4.69, 9.17) is 5.11 Å². The summed E-state index contributed by atoms with van der Waals surface area (Å²) in [5.41, 5.74) is 1.14. The lowest BCUT2D eigenvalue weighted by atomic mass is 9.99. The number of aliphatic hydroxyl groups excluding tert-OH is 1. The molecular weight excluding hydrogens is 202 g/mol. The van der Waals surface area contributed by atoms with Gasteiger partial charge in [0, 0.05) is 19.2 Å². The third-order valence-corrected chi connectivity index (χ3v) is 3.16. The topological polar surface area (TPSA) is 49.2 Å². The number of aromatic nitrogens is 2. The van der Waals surface area contributed by atoms with Crippen LogP contribution in [-0.4, -0.2) is 34.5 Å². The van der Waals surface area contributed by atoms with Gasteiger partial charge in [0.1, 0.15) is 0 Å². The van der Waals surface area contributed by atoms with Gasteiger partial charge in [0.2, 0.25) is 0 Å². The van der Waals surface area contributed by atoms with Crippen molar-refractivity contribution in [3.63, 3.8) is 0 Å². The Labute approximate surface area is 96.3 Å². The van der Waals surface area contributed by atoms with Crippen LogP contribution in [0.3, 0.4) is 0 Å². The minimum Gasteiger partial charge on any atom is -0.396 e. The average molecular weight is 221 g/mol. The van der Waals surface area contributed by atoms with E-state index in [1.54, 1.807) is 6.20 Å². The van der Waals surface area contributed by atoms with Gasteiger partial charge in [-0.25, -0.2) is 0 Å². The van der Waals surface area contributed by atoms with Gasteiger partial charge in [-0.2, -0.15) is 5.10 Å². The Kier molecular flexibility index (Phi) is 3.72. The van der Waals surface area contributed by atoms with Gasteiger partial charge in [-0.05, 0) is 44.2 Å². The van der Waals surface area contributed by atoms with Crippen molar-refractivity contribution in [2.45, 2.75) is 38.6 Å². The molecule has 2 rings (SSSR count). The largest absolute Gasteiger partial charge is 0.396 e. The van der Waals surface area contributed by atoms with Gasteiger partial charge in [0.25, 0.3) is 0 Å². The number of aliphatic hydroxyl groups is 1. The predicted octanol–water partition coefficient (Wildman–Crippen LogP) is 1.53. The third kappa shape index (κ3) is 2.50. The van der Waals surface area contributed by atoms with E-state index in [9.17, 15) is 0 Å². The summed E-state index contributed by atoms with van der Waals surface area (Å²) in [4.78, 5) is 2.29. The highest BCUT2D eigenvalue weighted by molar-refractivity contribution is 5.40. The van der Waals surface area contributed by atoms with Gasteiger partial charge in [0.15, 0.2) is 5.82 Å². The Morgan fingerprint density at radius 3 is 3.12 bits per heavy atom. The highest BCUT2D eigenvalue weighted by Crippen LogP contribution is 2.24. The summed E-state index contributed by atoms with van der Waals surface area (Å²) in [5.74, 6) is 0.957. The first-order valence-electron chi connectivity index (χ1n) is 5.98. The van der Waals surface area contributed by atoms with Crippen LogP contribution in [0.5, 0.6) is 0 Å². The van der Waals surface area contributed by atoms with Crippen molar-refractivity contribution < 1.29 is 5.11 Å². The zero-order chi connectivity index (χ0) is 11.4. The SMILES string of the molecule is Cc1cnnc(N2CCCCC2CCO)c1. The van der Waals surface area contributed by atoms with Gasteiger partial charge in [-0.15, -0.1) is 5.10 Å². The first-order valence-corrected chi connectivity index (χ1v) is 5.98. The van der Waals surface area contributed by atoms with Gasteiger partial charge >= 0.3 is 0 Å². The fourth-order valence-corrected chi connectivity index (χ4v) is 2.34. The summed E-state index contributed by atoms with van der Waals surface area (Å²) >= 11 is 0. The van der Waals surface area contributed by atoms with E-state index in [0.717, 1.165) is 30.8 Å². The van der Waals surface area contributed by atoms with E-state index >= 15 is 0 Å². The van der Waals surface area contributed by atoms with Gasteiger partial charge < -0.3 is 10.0 Å². The van der Waals surface area contributed by atoms with Crippen LogP contribution in [0.2, 0.25) is 0 Å². The molecule has 0 aliphatic carbocycles. The Morgan fingerprint density at radius 2 is 2.38 bits per heavy atom. The minimum atomic E-state index is 0.250. The number of anilines is 1. The van der Waals surface area contributed by atoms with E-state index < -0.39 is 0 Å². The minimum absolute atomic E-state index is 0.250. The van der Waals surface area contributed by atoms with Crippen LogP contribution >= 0.6 is 0 Å². The highest BCUT2D eigenvalue weighted by Gasteiger charge is 2.23. The van der Waals surface area contributed by atoms with Crippen LogP contribution in [0.4, 0.5) is 5.82 Å². The zero-order valence-electron chi connectivity index (χ0n) is 9.76. The van der Waals surface area contributed by atoms with E-state index in [1.807, 2.05) is 6.92 Å². The van der Waals surface area contributed by atoms with E-state index in [-0.39, 0.29) is 6.61 Å². The number of hydrogen-bond donors (Lipinski definition) is 1. The number of aryl methyl sites for hydroxylation is 1. The van der Waals surface area contributed by atoms with Crippen molar-refractivity contribution in [1.82, 2.24) is 10.2 Å². The third-order valence-electron chi connectivity index (χ3n) is 3.16. The summed E-state index contributed by atoms with van der Waals surface area (Å²) in [5, 5.41) is 17.3. The van der Waals surface area contributed by atoms with Crippen LogP contribution in [0.15, 0.2) is 12.3 Å². The van der Waals surface area contributed by atoms with Crippen LogP contribution in [0.25, 0.3) is 0 Å². The molecule has 0 saturated carbocycles. The molecule has 4 heteroatoms. The lowest BCUT2D eigenvalue weighted by Crippen LogP contribution is -2.40. The second-order valence-electron chi connectivity index (χ2n) is 4.45. The van der Waals surface area contributed by atoms with E-state index in [0.29, 0.717) is 6.04 Å². The molecule has 1 aliphatic heterocycles. The monoisotopic (exact) mass is 221 g/mol. The average Bonchev–Trinajstić information content (AvgIpc) is 2.30. The summed E-state index contributed by atoms with van der Waals surface area (Å²) in [6, 6.07) is 2.50. The van der Waals surface area contributed by atoms with Crippen LogP contribution < -0.4 is 4.90 Å². The van der Waals surface area contributed by atoms with Crippen molar-refractivity contribution in [2.75, 3.05) is 18.1 Å². The molecule has 1 aromatic rings. The molecule has 1 aromatic heterocycles. The van der Waals surface area contributed by atoms with Crippen LogP contribution in [0, 0.1) is 6.92 Å². The molecule has 0 aromatic carbocycles. The van der Waals surface area contributed by atoms with Crippen LogP contribution in [0.1, 0.15) is 31.2 Å². The fraction of sp³-hybridized carbons (Fsp3) is 0.667. The van der Waals surface area contributed by atoms with Crippen molar-refractivity contribution in [1.29, 1.82) is 0 Å². The summed E-state index contributed by atoms with van der Waals surface area (Å²) in [6.45, 7) is 3.31. The van der Waals surface area contributed by atoms with Gasteiger partial charge in [0.05, 0.1) is 6.20 Å².